The van der Waals surface area contributed by atoms with Crippen molar-refractivity contribution in [2.75, 3.05) is 11.5 Å². The second-order valence-corrected chi connectivity index (χ2v) is 7.18. The fourth-order valence-electron chi connectivity index (χ4n) is 2.55. The first-order chi connectivity index (χ1) is 8.41. The van der Waals surface area contributed by atoms with Gasteiger partial charge >= 0.3 is 0 Å². The molecule has 100 valence electrons. The van der Waals surface area contributed by atoms with Gasteiger partial charge in [-0.25, -0.2) is 8.42 Å². The van der Waals surface area contributed by atoms with Crippen molar-refractivity contribution in [2.45, 2.75) is 19.1 Å². The van der Waals surface area contributed by atoms with E-state index in [2.05, 4.69) is 0 Å². The first-order valence-electron chi connectivity index (χ1n) is 6.02. The molecule has 4 atom stereocenters. The molecule has 0 aromatic heterocycles. The predicted octanol–water partition coefficient (Wildman–Crippen LogP) is 0.762. The zero-order valence-corrected chi connectivity index (χ0v) is 11.0. The van der Waals surface area contributed by atoms with Gasteiger partial charge in [-0.1, -0.05) is 37.3 Å². The maximum Gasteiger partial charge on any atom is 0.153 e. The number of aliphatic hydroxyl groups excluding tert-OH is 2. The highest BCUT2D eigenvalue weighted by Crippen LogP contribution is 2.34. The summed E-state index contributed by atoms with van der Waals surface area (Å²) in [4.78, 5) is 0. The van der Waals surface area contributed by atoms with E-state index in [1.165, 1.54) is 0 Å². The highest BCUT2D eigenvalue weighted by Gasteiger charge is 2.41. The molecule has 1 saturated heterocycles. The van der Waals surface area contributed by atoms with Crippen LogP contribution < -0.4 is 0 Å². The van der Waals surface area contributed by atoms with Gasteiger partial charge in [-0.05, 0) is 11.5 Å². The molecule has 0 aliphatic carbocycles. The molecule has 1 aliphatic rings. The Morgan fingerprint density at radius 2 is 1.83 bits per heavy atom. The summed E-state index contributed by atoms with van der Waals surface area (Å²) >= 11 is 0. The van der Waals surface area contributed by atoms with Gasteiger partial charge in [0.2, 0.25) is 0 Å². The summed E-state index contributed by atoms with van der Waals surface area (Å²) in [5.41, 5.74) is 0.751. The van der Waals surface area contributed by atoms with Crippen LogP contribution in [0.2, 0.25) is 0 Å². The van der Waals surface area contributed by atoms with Gasteiger partial charge in [-0.15, -0.1) is 0 Å². The average molecular weight is 270 g/mol. The lowest BCUT2D eigenvalue weighted by Crippen LogP contribution is -2.28. The minimum atomic E-state index is -3.17. The number of hydrogen-bond acceptors (Lipinski definition) is 4. The Bertz CT molecular complexity index is 497. The van der Waals surface area contributed by atoms with Gasteiger partial charge < -0.3 is 10.2 Å². The van der Waals surface area contributed by atoms with Crippen molar-refractivity contribution in [3.05, 3.63) is 35.9 Å². The molecule has 1 heterocycles. The normalized spacial score (nSPS) is 29.9. The lowest BCUT2D eigenvalue weighted by atomic mass is 9.84. The SMILES string of the molecule is CC(C(O)c1ccccc1)C1CS(=O)(=O)CC1O. The van der Waals surface area contributed by atoms with E-state index in [4.69, 9.17) is 0 Å². The van der Waals surface area contributed by atoms with Crippen LogP contribution in [0.25, 0.3) is 0 Å². The van der Waals surface area contributed by atoms with Crippen molar-refractivity contribution in [1.82, 2.24) is 0 Å². The van der Waals surface area contributed by atoms with Crippen LogP contribution in [0.1, 0.15) is 18.6 Å². The maximum atomic E-state index is 11.5. The molecule has 4 nitrogen and oxygen atoms in total. The van der Waals surface area contributed by atoms with E-state index in [1.807, 2.05) is 18.2 Å². The molecule has 1 aliphatic heterocycles. The van der Waals surface area contributed by atoms with Crippen LogP contribution in [-0.2, 0) is 9.84 Å². The molecule has 0 amide bonds. The standard InChI is InChI=1S/C13H18O4S/c1-9(11-7-18(16,17)8-12(11)14)13(15)10-5-3-2-4-6-10/h2-6,9,11-15H,7-8H2,1H3. The molecule has 5 heteroatoms. The summed E-state index contributed by atoms with van der Waals surface area (Å²) < 4.78 is 22.9. The fourth-order valence-corrected chi connectivity index (χ4v) is 4.56. The topological polar surface area (TPSA) is 74.6 Å². The third kappa shape index (κ3) is 2.74. The third-order valence-corrected chi connectivity index (χ3v) is 5.42. The number of benzene rings is 1. The van der Waals surface area contributed by atoms with Crippen LogP contribution in [-0.4, -0.2) is 36.2 Å². The molecule has 1 aromatic rings. The van der Waals surface area contributed by atoms with E-state index in [0.29, 0.717) is 0 Å². The van der Waals surface area contributed by atoms with E-state index in [1.54, 1.807) is 19.1 Å². The summed E-state index contributed by atoms with van der Waals surface area (Å²) in [7, 11) is -3.17. The first kappa shape index (κ1) is 13.5. The Morgan fingerprint density at radius 3 is 2.33 bits per heavy atom. The second kappa shape index (κ2) is 4.99. The maximum absolute atomic E-state index is 11.5. The van der Waals surface area contributed by atoms with E-state index in [-0.39, 0.29) is 17.4 Å². The summed E-state index contributed by atoms with van der Waals surface area (Å²) in [6.07, 6.45) is -1.62. The van der Waals surface area contributed by atoms with Crippen LogP contribution in [0.3, 0.4) is 0 Å². The Hall–Kier alpha value is -0.910. The number of hydrogen-bond donors (Lipinski definition) is 2. The van der Waals surface area contributed by atoms with Crippen LogP contribution in [0.5, 0.6) is 0 Å². The lowest BCUT2D eigenvalue weighted by molar-refractivity contribution is 0.0387. The molecule has 2 rings (SSSR count). The van der Waals surface area contributed by atoms with Crippen molar-refractivity contribution >= 4 is 9.84 Å². The van der Waals surface area contributed by atoms with Crippen molar-refractivity contribution < 1.29 is 18.6 Å². The van der Waals surface area contributed by atoms with Crippen LogP contribution >= 0.6 is 0 Å². The predicted molar refractivity (Wildman–Crippen MR) is 68.7 cm³/mol. The highest BCUT2D eigenvalue weighted by molar-refractivity contribution is 7.91. The van der Waals surface area contributed by atoms with Gasteiger partial charge in [-0.2, -0.15) is 0 Å². The van der Waals surface area contributed by atoms with Gasteiger partial charge in [0.25, 0.3) is 0 Å². The smallest absolute Gasteiger partial charge is 0.153 e. The molecule has 18 heavy (non-hydrogen) atoms. The molecule has 0 bridgehead atoms. The molecular weight excluding hydrogens is 252 g/mol. The fraction of sp³-hybridized carbons (Fsp3) is 0.538. The molecule has 1 aromatic carbocycles. The second-order valence-electron chi connectivity index (χ2n) is 5.02. The molecular formula is C13H18O4S. The Kier molecular flexibility index (Phi) is 3.75. The van der Waals surface area contributed by atoms with Crippen molar-refractivity contribution in [3.8, 4) is 0 Å². The zero-order valence-electron chi connectivity index (χ0n) is 10.2. The Labute approximate surface area is 107 Å². The average Bonchev–Trinajstić information content (AvgIpc) is 2.62. The Balaban J connectivity index is 2.15. The highest BCUT2D eigenvalue weighted by atomic mass is 32.2. The zero-order chi connectivity index (χ0) is 13.3. The molecule has 0 radical (unpaired) electrons. The monoisotopic (exact) mass is 270 g/mol. The number of sulfone groups is 1. The van der Waals surface area contributed by atoms with E-state index >= 15 is 0 Å². The lowest BCUT2D eigenvalue weighted by Gasteiger charge is -2.26. The van der Waals surface area contributed by atoms with Gasteiger partial charge in [0.1, 0.15) is 0 Å². The number of rotatable bonds is 3. The van der Waals surface area contributed by atoms with E-state index < -0.39 is 28.0 Å². The van der Waals surface area contributed by atoms with Crippen LogP contribution in [0.15, 0.2) is 30.3 Å². The molecule has 0 spiro atoms. The minimum Gasteiger partial charge on any atom is -0.392 e. The molecule has 0 saturated carbocycles. The number of aliphatic hydroxyl groups is 2. The largest absolute Gasteiger partial charge is 0.392 e. The van der Waals surface area contributed by atoms with Crippen molar-refractivity contribution in [1.29, 1.82) is 0 Å². The molecule has 2 N–H and O–H groups in total. The summed E-state index contributed by atoms with van der Waals surface area (Å²) in [5.74, 6) is -0.923. The summed E-state index contributed by atoms with van der Waals surface area (Å²) in [5, 5.41) is 20.0. The van der Waals surface area contributed by atoms with Gasteiger partial charge in [0, 0.05) is 5.92 Å². The van der Waals surface area contributed by atoms with E-state index in [9.17, 15) is 18.6 Å². The molecule has 1 fully saturated rings. The summed E-state index contributed by atoms with van der Waals surface area (Å²) in [6.45, 7) is 1.78. The van der Waals surface area contributed by atoms with Crippen molar-refractivity contribution in [3.63, 3.8) is 0 Å². The first-order valence-corrected chi connectivity index (χ1v) is 7.84. The van der Waals surface area contributed by atoms with Crippen molar-refractivity contribution in [2.24, 2.45) is 11.8 Å². The summed E-state index contributed by atoms with van der Waals surface area (Å²) in [6, 6.07) is 9.12. The van der Waals surface area contributed by atoms with Gasteiger partial charge in [-0.3, -0.25) is 0 Å². The Morgan fingerprint density at radius 1 is 1.22 bits per heavy atom. The van der Waals surface area contributed by atoms with Gasteiger partial charge in [0.05, 0.1) is 23.7 Å². The molecule has 4 unspecified atom stereocenters. The third-order valence-electron chi connectivity index (χ3n) is 3.68. The van der Waals surface area contributed by atoms with Crippen LogP contribution in [0.4, 0.5) is 0 Å². The van der Waals surface area contributed by atoms with Gasteiger partial charge in [0.15, 0.2) is 9.84 Å². The quantitative estimate of drug-likeness (QED) is 0.850. The van der Waals surface area contributed by atoms with E-state index in [0.717, 1.165) is 5.56 Å². The minimum absolute atomic E-state index is 0.0424. The van der Waals surface area contributed by atoms with Crippen LogP contribution in [0, 0.1) is 11.8 Å².